The first kappa shape index (κ1) is 68.4. The first-order chi connectivity index (χ1) is 45.6. The Bertz CT molecular complexity index is 4600. The standard InChI is InChI=1S/C77H92N10O8/c1-16-48-40(5)57-32-59-44(9)52(69(83-59)38-71-54(25-29-75(90)93-13)46(11)63(85-71)36-67-50(18-3)42(7)61(81-67)34-65(48)79-57)23-27-73(88)78-31-21-20-22-56(77(92)95-15)87-74(89)28-24-53-45(10)60-33-58-41(6)49(17-2)66(80-58)35-62-43(8)51(19-4)68(82-62)37-64-47(12)55(26-30-76(91)94-14)72(86-64)39-70(53)84-60/h32-39,56,79,81,84,86H,16-31H2,1-15H3,(H,78,88)(H,87,89)/t56-/m0/s1. The number of hydrogen-bond donors (Lipinski definition) is 6. The fourth-order valence-electron chi connectivity index (χ4n) is 14.1. The third kappa shape index (κ3) is 14.3. The molecule has 95 heavy (non-hydrogen) atoms. The quantitative estimate of drug-likeness (QED) is 0.0199. The summed E-state index contributed by atoms with van der Waals surface area (Å²) >= 11 is 0. The summed E-state index contributed by atoms with van der Waals surface area (Å²) in [5, 5.41) is 6.08. The predicted octanol–water partition coefficient (Wildman–Crippen LogP) is 15.3. The number of aromatic nitrogens is 8. The number of nitrogens with one attached hydrogen (secondary N) is 6. The van der Waals surface area contributed by atoms with Crippen molar-refractivity contribution in [3.05, 3.63) is 139 Å². The van der Waals surface area contributed by atoms with E-state index in [4.69, 9.17) is 34.1 Å². The second kappa shape index (κ2) is 29.5. The van der Waals surface area contributed by atoms with Crippen molar-refractivity contribution in [2.24, 2.45) is 0 Å². The summed E-state index contributed by atoms with van der Waals surface area (Å²) in [4.78, 5) is 102. The van der Waals surface area contributed by atoms with Crippen LogP contribution in [0.1, 0.15) is 216 Å². The lowest BCUT2D eigenvalue weighted by molar-refractivity contribution is -0.145. The summed E-state index contributed by atoms with van der Waals surface area (Å²) in [6.45, 7) is 25.7. The number of hydrogen-bond acceptors (Lipinski definition) is 12. The first-order valence-corrected chi connectivity index (χ1v) is 33.7. The summed E-state index contributed by atoms with van der Waals surface area (Å²) < 4.78 is 15.4. The molecule has 18 heteroatoms. The van der Waals surface area contributed by atoms with E-state index in [1.807, 2.05) is 19.9 Å². The van der Waals surface area contributed by atoms with Crippen molar-refractivity contribution in [1.82, 2.24) is 50.5 Å². The zero-order valence-electron chi connectivity index (χ0n) is 58.1. The first-order valence-electron chi connectivity index (χ1n) is 33.7. The van der Waals surface area contributed by atoms with Gasteiger partial charge in [0, 0.05) is 76.4 Å². The Labute approximate surface area is 556 Å². The van der Waals surface area contributed by atoms with Crippen LogP contribution in [-0.4, -0.2) is 104 Å². The Hall–Kier alpha value is -9.45. The number of carbonyl (C=O) groups excluding carboxylic acids is 5. The van der Waals surface area contributed by atoms with Gasteiger partial charge in [-0.25, -0.2) is 24.7 Å². The van der Waals surface area contributed by atoms with Crippen LogP contribution in [0.3, 0.4) is 0 Å². The zero-order chi connectivity index (χ0) is 68.1. The number of rotatable bonds is 23. The van der Waals surface area contributed by atoms with Crippen molar-refractivity contribution in [3.8, 4) is 0 Å². The second-order valence-corrected chi connectivity index (χ2v) is 25.4. The number of allylic oxidation sites excluding steroid dienone is 8. The molecular formula is C77H92N10O8. The fourth-order valence-corrected chi connectivity index (χ4v) is 14.1. The second-order valence-electron chi connectivity index (χ2n) is 25.4. The number of nitrogens with zero attached hydrogens (tertiary/aromatic N) is 4. The van der Waals surface area contributed by atoms with E-state index in [0.29, 0.717) is 57.2 Å². The maximum Gasteiger partial charge on any atom is 0.328 e. The molecular weight excluding hydrogens is 1190 g/mol. The highest BCUT2D eigenvalue weighted by molar-refractivity contribution is 5.99. The molecule has 4 aliphatic heterocycles. The van der Waals surface area contributed by atoms with Crippen LogP contribution in [-0.2, 0) is 63.9 Å². The molecule has 6 aromatic rings. The van der Waals surface area contributed by atoms with E-state index < -0.39 is 12.0 Å². The van der Waals surface area contributed by atoms with Crippen molar-refractivity contribution in [2.75, 3.05) is 27.9 Å². The Morgan fingerprint density at radius 2 is 0.747 bits per heavy atom. The van der Waals surface area contributed by atoms with Gasteiger partial charge in [0.2, 0.25) is 11.8 Å². The van der Waals surface area contributed by atoms with Crippen molar-refractivity contribution < 1.29 is 38.2 Å². The topological polar surface area (TPSA) is 252 Å². The summed E-state index contributed by atoms with van der Waals surface area (Å²) in [6.07, 6.45) is 6.92. The molecule has 0 aromatic carbocycles. The predicted molar refractivity (Wildman–Crippen MR) is 380 cm³/mol. The van der Waals surface area contributed by atoms with Gasteiger partial charge in [-0.2, -0.15) is 0 Å². The number of aromatic amines is 4. The lowest BCUT2D eigenvalue weighted by Gasteiger charge is -2.16. The number of esters is 3. The van der Waals surface area contributed by atoms with Gasteiger partial charge in [0.15, 0.2) is 0 Å². The summed E-state index contributed by atoms with van der Waals surface area (Å²) in [5.74, 6) is -1.60. The van der Waals surface area contributed by atoms with Crippen LogP contribution in [0.2, 0.25) is 0 Å². The molecule has 6 aromatic heterocycles. The van der Waals surface area contributed by atoms with Crippen LogP contribution < -0.4 is 10.6 Å². The van der Waals surface area contributed by atoms with Gasteiger partial charge in [-0.3, -0.25) is 19.2 Å². The molecule has 0 aliphatic carbocycles. The number of ether oxygens (including phenoxy) is 3. The Kier molecular flexibility index (Phi) is 21.2. The summed E-state index contributed by atoms with van der Waals surface area (Å²) in [5.41, 5.74) is 30.9. The maximum absolute atomic E-state index is 14.1. The molecule has 0 radical (unpaired) electrons. The minimum atomic E-state index is -0.902. The van der Waals surface area contributed by atoms with Gasteiger partial charge < -0.3 is 44.8 Å². The van der Waals surface area contributed by atoms with Gasteiger partial charge in [0.1, 0.15) is 6.04 Å². The molecule has 0 spiro atoms. The average Bonchev–Trinajstić information content (AvgIpc) is 1.63. The van der Waals surface area contributed by atoms with E-state index in [1.54, 1.807) is 0 Å². The number of aryl methyl sites for hydroxylation is 8. The molecule has 498 valence electrons. The lowest BCUT2D eigenvalue weighted by atomic mass is 9.98. The van der Waals surface area contributed by atoms with Gasteiger partial charge in [0.05, 0.1) is 66.9 Å². The highest BCUT2D eigenvalue weighted by Crippen LogP contribution is 2.41. The number of H-pyrrole nitrogens is 4. The Morgan fingerprint density at radius 1 is 0.389 bits per heavy atom. The molecule has 18 nitrogen and oxygen atoms in total. The van der Waals surface area contributed by atoms with Crippen LogP contribution in [0.4, 0.5) is 0 Å². The highest BCUT2D eigenvalue weighted by atomic mass is 16.5. The molecule has 1 atom stereocenters. The monoisotopic (exact) mass is 1280 g/mol. The molecule has 2 amide bonds. The fraction of sp³-hybridized carbons (Fsp3) is 0.416. The van der Waals surface area contributed by atoms with E-state index in [2.05, 4.69) is 142 Å². The van der Waals surface area contributed by atoms with Crippen molar-refractivity contribution in [1.29, 1.82) is 0 Å². The van der Waals surface area contributed by atoms with E-state index in [0.717, 1.165) is 182 Å². The van der Waals surface area contributed by atoms with E-state index in [-0.39, 0.29) is 49.4 Å². The Morgan fingerprint density at radius 3 is 1.23 bits per heavy atom. The van der Waals surface area contributed by atoms with Gasteiger partial charge >= 0.3 is 17.9 Å². The van der Waals surface area contributed by atoms with Crippen molar-refractivity contribution in [3.63, 3.8) is 0 Å². The number of amides is 2. The Balaban J connectivity index is 0.859. The lowest BCUT2D eigenvalue weighted by Crippen LogP contribution is -2.41. The molecule has 0 unspecified atom stereocenters. The molecule has 0 saturated heterocycles. The van der Waals surface area contributed by atoms with E-state index in [9.17, 15) is 24.0 Å². The smallest absolute Gasteiger partial charge is 0.328 e. The van der Waals surface area contributed by atoms with Crippen LogP contribution in [0.25, 0.3) is 88.7 Å². The molecule has 10 rings (SSSR count). The number of unbranched alkanes of at least 4 members (excludes halogenated alkanes) is 1. The number of carbonyl (C=O) groups is 5. The van der Waals surface area contributed by atoms with Crippen LogP contribution in [0.5, 0.6) is 0 Å². The number of fused-ring (bicyclic) bond motifs is 16. The largest absolute Gasteiger partial charge is 0.469 e. The average molecular weight is 1290 g/mol. The molecule has 4 aliphatic rings. The van der Waals surface area contributed by atoms with Crippen molar-refractivity contribution in [2.45, 2.75) is 185 Å². The normalized spacial score (nSPS) is 13.5. The van der Waals surface area contributed by atoms with E-state index in [1.165, 1.54) is 38.0 Å². The molecule has 16 bridgehead atoms. The highest BCUT2D eigenvalue weighted by Gasteiger charge is 2.27. The van der Waals surface area contributed by atoms with Gasteiger partial charge in [0.25, 0.3) is 0 Å². The van der Waals surface area contributed by atoms with Gasteiger partial charge in [-0.1, -0.05) is 27.7 Å². The molecule has 0 fully saturated rings. The SMILES string of the molecule is CCC1=C(C)c2cc3[nH]c(cc4[nH]c(cc5nc(cc1n2)C(C)=C5CC)c(C)c4CCC(=O)OC)c(CCC(=O)N[C@@H](CCCCNC(=O)CCC1=C(C)c2cc4[nH]c(cc5[nH]c(cc6nc(cc1n2)C(CCC(=O)OC)=C6C)c(CC)c5C)c(CC)c4C)C(=O)OC)c3C. The molecule has 10 heterocycles. The van der Waals surface area contributed by atoms with Crippen LogP contribution >= 0.6 is 0 Å². The zero-order valence-corrected chi connectivity index (χ0v) is 58.1. The number of methoxy groups -OCH3 is 3. The summed E-state index contributed by atoms with van der Waals surface area (Å²) in [7, 11) is 4.11. The molecule has 6 N–H and O–H groups in total. The minimum absolute atomic E-state index is 0.0764. The van der Waals surface area contributed by atoms with Crippen LogP contribution in [0, 0.1) is 27.7 Å². The van der Waals surface area contributed by atoms with E-state index >= 15 is 0 Å². The minimum Gasteiger partial charge on any atom is -0.469 e. The van der Waals surface area contributed by atoms with Crippen LogP contribution in [0.15, 0.2) is 48.5 Å². The summed E-state index contributed by atoms with van der Waals surface area (Å²) in [6, 6.07) is 15.9. The third-order valence-corrected chi connectivity index (χ3v) is 19.9. The molecule has 0 saturated carbocycles. The maximum atomic E-state index is 14.1. The van der Waals surface area contributed by atoms with Gasteiger partial charge in [-0.15, -0.1) is 0 Å². The third-order valence-electron chi connectivity index (χ3n) is 19.9. The van der Waals surface area contributed by atoms with Crippen molar-refractivity contribution >= 4 is 118 Å². The van der Waals surface area contributed by atoms with Gasteiger partial charge in [-0.05, 0) is 264 Å².